The summed E-state index contributed by atoms with van der Waals surface area (Å²) in [5.41, 5.74) is 2.02. The number of aliphatic imine (C=N–C) groups is 1. The lowest BCUT2D eigenvalue weighted by atomic mass is 9.85. The second kappa shape index (κ2) is 7.74. The third-order valence-corrected chi connectivity index (χ3v) is 4.73. The highest BCUT2D eigenvalue weighted by Gasteiger charge is 2.56. The van der Waals surface area contributed by atoms with E-state index >= 15 is 0 Å². The summed E-state index contributed by atoms with van der Waals surface area (Å²) in [6, 6.07) is 2.42. The zero-order valence-corrected chi connectivity index (χ0v) is 16.1. The molecule has 0 spiro atoms. The number of nitrogens with two attached hydrogens (primary N) is 1. The molecular formula is C17H15ClF5N5O2. The zero-order chi connectivity index (χ0) is 22.3. The van der Waals surface area contributed by atoms with Gasteiger partial charge in [0.25, 0.3) is 18.4 Å². The van der Waals surface area contributed by atoms with Gasteiger partial charge in [0.15, 0.2) is 17.8 Å². The maximum atomic E-state index is 14.5. The van der Waals surface area contributed by atoms with Crippen molar-refractivity contribution in [3.8, 4) is 0 Å². The van der Waals surface area contributed by atoms with E-state index in [0.29, 0.717) is 0 Å². The molecule has 3 N–H and O–H groups in total. The highest BCUT2D eigenvalue weighted by molar-refractivity contribution is 6.34. The number of carbonyl (C=O) groups is 1. The topological polar surface area (TPSA) is 94.5 Å². The van der Waals surface area contributed by atoms with E-state index in [1.165, 1.54) is 0 Å². The van der Waals surface area contributed by atoms with Crippen LogP contribution in [0.4, 0.5) is 27.6 Å². The van der Waals surface area contributed by atoms with Crippen LogP contribution in [0.2, 0.25) is 5.02 Å². The summed E-state index contributed by atoms with van der Waals surface area (Å²) < 4.78 is 73.6. The van der Waals surface area contributed by atoms with Gasteiger partial charge >= 0.3 is 5.92 Å². The van der Waals surface area contributed by atoms with Gasteiger partial charge in [-0.1, -0.05) is 11.6 Å². The van der Waals surface area contributed by atoms with Crippen LogP contribution >= 0.6 is 11.6 Å². The van der Waals surface area contributed by atoms with Gasteiger partial charge in [0, 0.05) is 17.4 Å². The Morgan fingerprint density at radius 3 is 2.80 bits per heavy atom. The van der Waals surface area contributed by atoms with E-state index < -0.39 is 54.3 Å². The molecule has 1 aromatic heterocycles. The van der Waals surface area contributed by atoms with Gasteiger partial charge in [-0.05, 0) is 25.1 Å². The molecule has 13 heteroatoms. The number of ether oxygens (including phenoxy) is 1. The molecule has 0 saturated heterocycles. The lowest BCUT2D eigenvalue weighted by molar-refractivity contribution is -0.117. The molecule has 0 bridgehead atoms. The van der Waals surface area contributed by atoms with Crippen molar-refractivity contribution in [1.29, 1.82) is 0 Å². The highest BCUT2D eigenvalue weighted by Crippen LogP contribution is 2.44. The van der Waals surface area contributed by atoms with Crippen LogP contribution in [0, 0.1) is 5.82 Å². The summed E-state index contributed by atoms with van der Waals surface area (Å²) >= 11 is 5.85. The third kappa shape index (κ3) is 4.04. The fourth-order valence-electron chi connectivity index (χ4n) is 2.85. The van der Waals surface area contributed by atoms with Gasteiger partial charge in [0.1, 0.15) is 12.4 Å². The quantitative estimate of drug-likeness (QED) is 0.681. The van der Waals surface area contributed by atoms with E-state index in [2.05, 4.69) is 20.1 Å². The maximum Gasteiger partial charge on any atom is 0.310 e. The minimum Gasteiger partial charge on any atom is -0.459 e. The molecule has 2 aromatic rings. The summed E-state index contributed by atoms with van der Waals surface area (Å²) in [4.78, 5) is 16.0. The van der Waals surface area contributed by atoms with Crippen molar-refractivity contribution in [3.63, 3.8) is 0 Å². The number of hydrogen-bond donors (Lipinski definition) is 2. The lowest BCUT2D eigenvalue weighted by Gasteiger charge is -2.37. The number of carbonyl (C=O) groups excluding carboxylic acids is 1. The average Bonchev–Trinajstić information content (AvgIpc) is 3.00. The van der Waals surface area contributed by atoms with Crippen LogP contribution in [0.1, 0.15) is 23.0 Å². The van der Waals surface area contributed by atoms with Gasteiger partial charge in [-0.2, -0.15) is 13.9 Å². The Bertz CT molecular complexity index is 1010. The fraction of sp³-hybridized carbons (Fsp3) is 0.353. The zero-order valence-electron chi connectivity index (χ0n) is 15.3. The first-order valence-corrected chi connectivity index (χ1v) is 8.79. The number of aromatic nitrogens is 2. The van der Waals surface area contributed by atoms with Crippen molar-refractivity contribution in [2.24, 2.45) is 10.7 Å². The van der Waals surface area contributed by atoms with Gasteiger partial charge in [0.2, 0.25) is 0 Å². The Kier molecular flexibility index (Phi) is 5.63. The molecule has 0 saturated carbocycles. The van der Waals surface area contributed by atoms with Gasteiger partial charge in [-0.15, -0.1) is 0 Å². The molecule has 30 heavy (non-hydrogen) atoms. The molecule has 0 aliphatic carbocycles. The number of nitrogens with zero attached hydrogens (tertiary/aromatic N) is 3. The Hall–Kier alpha value is -2.89. The second-order valence-electron chi connectivity index (χ2n) is 6.60. The van der Waals surface area contributed by atoms with Crippen LogP contribution in [0.15, 0.2) is 29.4 Å². The fourth-order valence-corrected chi connectivity index (χ4v) is 3.09. The molecule has 1 unspecified atom stereocenters. The van der Waals surface area contributed by atoms with Crippen LogP contribution in [0.3, 0.4) is 0 Å². The summed E-state index contributed by atoms with van der Waals surface area (Å²) in [6.45, 7) is -0.899. The Labute approximate surface area is 171 Å². The minimum atomic E-state index is -3.60. The Balaban J connectivity index is 1.92. The van der Waals surface area contributed by atoms with Crippen molar-refractivity contribution in [1.82, 2.24) is 9.78 Å². The smallest absolute Gasteiger partial charge is 0.310 e. The maximum absolute atomic E-state index is 14.5. The molecule has 3 rings (SSSR count). The molecule has 0 radical (unpaired) electrons. The number of amides is 1. The van der Waals surface area contributed by atoms with Crippen molar-refractivity contribution in [3.05, 3.63) is 46.5 Å². The molecule has 1 atom stereocenters. The van der Waals surface area contributed by atoms with E-state index in [1.54, 1.807) is 0 Å². The number of alkyl halides is 4. The molecule has 1 aliphatic heterocycles. The van der Waals surface area contributed by atoms with Crippen LogP contribution in [-0.4, -0.2) is 40.7 Å². The molecule has 1 aliphatic rings. The van der Waals surface area contributed by atoms with Crippen molar-refractivity contribution in [2.75, 3.05) is 11.9 Å². The monoisotopic (exact) mass is 451 g/mol. The van der Waals surface area contributed by atoms with Crippen LogP contribution < -0.4 is 11.1 Å². The van der Waals surface area contributed by atoms with Crippen LogP contribution in [-0.2, 0) is 16.8 Å². The van der Waals surface area contributed by atoms with E-state index in [1.807, 2.05) is 0 Å². The molecule has 1 aromatic carbocycles. The number of nitrogens with one attached hydrogen (secondary N) is 1. The van der Waals surface area contributed by atoms with Crippen molar-refractivity contribution in [2.45, 2.75) is 31.4 Å². The summed E-state index contributed by atoms with van der Waals surface area (Å²) in [6.07, 6.45) is -1.67. The first-order valence-electron chi connectivity index (χ1n) is 8.41. The third-order valence-electron chi connectivity index (χ3n) is 4.45. The minimum absolute atomic E-state index is 0.0758. The number of halogens is 6. The molecule has 7 nitrogen and oxygen atoms in total. The number of rotatable bonds is 5. The predicted octanol–water partition coefficient (Wildman–Crippen LogP) is 3.39. The standard InChI is InChI=1S/C17H15ClF5N5O2/c1-16(17(22,23)7-30-15(24)26-16)9-4-8(2-3-11(9)19)25-14(29)13-10(18)5-28(27-13)6-12(20)21/h2-5,12H,6-7H2,1H3,(H2,24,26)(H,25,29). The molecule has 162 valence electrons. The molecular weight excluding hydrogens is 437 g/mol. The van der Waals surface area contributed by atoms with E-state index in [4.69, 9.17) is 17.3 Å². The highest BCUT2D eigenvalue weighted by atomic mass is 35.5. The molecule has 1 amide bonds. The SMILES string of the molecule is CC1(c2cc(NC(=O)c3nn(CC(F)F)cc3Cl)ccc2F)N=C(N)OCC1(F)F. The second-order valence-corrected chi connectivity index (χ2v) is 7.01. The van der Waals surface area contributed by atoms with Gasteiger partial charge in [-0.3, -0.25) is 9.48 Å². The van der Waals surface area contributed by atoms with Gasteiger partial charge < -0.3 is 15.8 Å². The van der Waals surface area contributed by atoms with Gasteiger partial charge in [0.05, 0.1) is 5.02 Å². The van der Waals surface area contributed by atoms with Crippen molar-refractivity contribution < 1.29 is 31.5 Å². The van der Waals surface area contributed by atoms with E-state index in [0.717, 1.165) is 36.0 Å². The number of benzene rings is 1. The Morgan fingerprint density at radius 2 is 2.13 bits per heavy atom. The number of hydrogen-bond acceptors (Lipinski definition) is 5. The van der Waals surface area contributed by atoms with Crippen LogP contribution in [0.25, 0.3) is 0 Å². The average molecular weight is 452 g/mol. The van der Waals surface area contributed by atoms with E-state index in [-0.39, 0.29) is 16.4 Å². The normalized spacial score (nSPS) is 20.6. The van der Waals surface area contributed by atoms with Gasteiger partial charge in [-0.25, -0.2) is 18.2 Å². The number of anilines is 1. The lowest BCUT2D eigenvalue weighted by Crippen LogP contribution is -2.51. The Morgan fingerprint density at radius 1 is 1.43 bits per heavy atom. The summed E-state index contributed by atoms with van der Waals surface area (Å²) in [5.74, 6) is -5.51. The summed E-state index contributed by atoms with van der Waals surface area (Å²) in [5, 5.41) is 5.79. The first-order chi connectivity index (χ1) is 13.9. The van der Waals surface area contributed by atoms with Crippen LogP contribution in [0.5, 0.6) is 0 Å². The summed E-state index contributed by atoms with van der Waals surface area (Å²) in [7, 11) is 0. The van der Waals surface area contributed by atoms with E-state index in [9.17, 15) is 26.7 Å². The predicted molar refractivity (Wildman–Crippen MR) is 97.5 cm³/mol. The molecule has 2 heterocycles. The largest absolute Gasteiger partial charge is 0.459 e. The first kappa shape index (κ1) is 21.8. The molecule has 0 fully saturated rings. The van der Waals surface area contributed by atoms with Crippen molar-refractivity contribution >= 4 is 29.2 Å². The number of amidine groups is 1.